The van der Waals surface area contributed by atoms with Gasteiger partial charge < -0.3 is 10.2 Å². The van der Waals surface area contributed by atoms with E-state index in [0.717, 1.165) is 37.0 Å². The smallest absolute Gasteiger partial charge is 0.0761 e. The molecule has 0 aromatic rings. The average Bonchev–Trinajstić information content (AvgIpc) is 2.45. The van der Waals surface area contributed by atoms with E-state index in [1.54, 1.807) is 5.57 Å². The lowest BCUT2D eigenvalue weighted by Gasteiger charge is -2.47. The number of aliphatic hydroxyl groups is 2. The van der Waals surface area contributed by atoms with Gasteiger partial charge in [0.1, 0.15) is 0 Å². The first-order valence-electron chi connectivity index (χ1n) is 8.83. The van der Waals surface area contributed by atoms with Gasteiger partial charge in [0.15, 0.2) is 0 Å². The van der Waals surface area contributed by atoms with Crippen LogP contribution in [0.15, 0.2) is 23.3 Å². The van der Waals surface area contributed by atoms with Crippen LogP contribution in [0.1, 0.15) is 58.8 Å². The molecule has 0 aromatic heterocycles. The Morgan fingerprint density at radius 2 is 2.10 bits per heavy atom. The quantitative estimate of drug-likeness (QED) is 0.829. The summed E-state index contributed by atoms with van der Waals surface area (Å²) in [5.74, 6) is 3.08. The standard InChI is InChI=1S/C19H30O2/c1-12-3-7-19-17-10-6-15(21)11-14(17)5-9-18(19)16(12)8-4-13(2)20/h10-13,15-16,18-21H,3-9H2,1-2H3/t12-,13+,15?,16-,18+,19-/m1/s1. The molecule has 0 spiro atoms. The van der Waals surface area contributed by atoms with Crippen LogP contribution in [0.4, 0.5) is 0 Å². The molecule has 6 atom stereocenters. The first-order valence-corrected chi connectivity index (χ1v) is 8.83. The van der Waals surface area contributed by atoms with Gasteiger partial charge in [-0.05, 0) is 86.7 Å². The van der Waals surface area contributed by atoms with Crippen molar-refractivity contribution in [2.24, 2.45) is 23.7 Å². The predicted molar refractivity (Wildman–Crippen MR) is 85.8 cm³/mol. The molecule has 0 aliphatic heterocycles. The Bertz CT molecular complexity index is 435. The second-order valence-corrected chi connectivity index (χ2v) is 7.61. The van der Waals surface area contributed by atoms with Gasteiger partial charge in [-0.1, -0.05) is 19.1 Å². The lowest BCUT2D eigenvalue weighted by atomic mass is 9.57. The highest BCUT2D eigenvalue weighted by Gasteiger charge is 2.42. The summed E-state index contributed by atoms with van der Waals surface area (Å²) in [6.07, 6.45) is 12.0. The molecule has 2 N–H and O–H groups in total. The van der Waals surface area contributed by atoms with Gasteiger partial charge >= 0.3 is 0 Å². The maximum absolute atomic E-state index is 9.83. The van der Waals surface area contributed by atoms with Gasteiger partial charge in [-0.2, -0.15) is 0 Å². The van der Waals surface area contributed by atoms with Crippen molar-refractivity contribution in [1.82, 2.24) is 0 Å². The molecule has 0 aromatic carbocycles. The minimum absolute atomic E-state index is 0.166. The van der Waals surface area contributed by atoms with Crippen LogP contribution in [0.2, 0.25) is 0 Å². The fraction of sp³-hybridized carbons (Fsp3) is 0.789. The molecule has 0 heterocycles. The summed E-state index contributed by atoms with van der Waals surface area (Å²) in [5.41, 5.74) is 2.99. The van der Waals surface area contributed by atoms with Crippen molar-refractivity contribution in [2.75, 3.05) is 0 Å². The molecule has 2 fully saturated rings. The van der Waals surface area contributed by atoms with Crippen molar-refractivity contribution in [3.05, 3.63) is 23.3 Å². The van der Waals surface area contributed by atoms with E-state index in [0.29, 0.717) is 5.92 Å². The van der Waals surface area contributed by atoms with E-state index in [9.17, 15) is 10.2 Å². The summed E-state index contributed by atoms with van der Waals surface area (Å²) in [4.78, 5) is 0. The van der Waals surface area contributed by atoms with Crippen LogP contribution in [0.5, 0.6) is 0 Å². The fourth-order valence-electron chi connectivity index (χ4n) is 5.04. The van der Waals surface area contributed by atoms with Crippen molar-refractivity contribution in [3.8, 4) is 0 Å². The Hall–Kier alpha value is -0.600. The highest BCUT2D eigenvalue weighted by atomic mass is 16.3. The molecule has 3 aliphatic carbocycles. The monoisotopic (exact) mass is 290 g/mol. The molecular weight excluding hydrogens is 260 g/mol. The summed E-state index contributed by atoms with van der Waals surface area (Å²) >= 11 is 0. The van der Waals surface area contributed by atoms with Crippen molar-refractivity contribution >= 4 is 0 Å². The fourth-order valence-corrected chi connectivity index (χ4v) is 5.04. The number of hydrogen-bond acceptors (Lipinski definition) is 2. The Balaban J connectivity index is 1.76. The minimum atomic E-state index is -0.256. The second kappa shape index (κ2) is 6.26. The van der Waals surface area contributed by atoms with Crippen LogP contribution in [-0.4, -0.2) is 22.4 Å². The first kappa shape index (κ1) is 15.3. The van der Waals surface area contributed by atoms with Crippen LogP contribution >= 0.6 is 0 Å². The number of allylic oxidation sites excluding steroid dienone is 2. The third-order valence-corrected chi connectivity index (χ3v) is 6.14. The summed E-state index contributed by atoms with van der Waals surface area (Å²) in [7, 11) is 0. The van der Waals surface area contributed by atoms with E-state index in [4.69, 9.17) is 0 Å². The van der Waals surface area contributed by atoms with Crippen molar-refractivity contribution in [1.29, 1.82) is 0 Å². The third-order valence-electron chi connectivity index (χ3n) is 6.14. The lowest BCUT2D eigenvalue weighted by Crippen LogP contribution is -2.38. The van der Waals surface area contributed by atoms with Crippen LogP contribution in [0, 0.1) is 23.7 Å². The normalized spacial score (nSPS) is 40.7. The van der Waals surface area contributed by atoms with E-state index in [2.05, 4.69) is 19.1 Å². The zero-order valence-electron chi connectivity index (χ0n) is 13.5. The molecule has 21 heavy (non-hydrogen) atoms. The van der Waals surface area contributed by atoms with E-state index < -0.39 is 0 Å². The van der Waals surface area contributed by atoms with E-state index in [1.807, 2.05) is 6.92 Å². The molecule has 0 amide bonds. The average molecular weight is 290 g/mol. The lowest BCUT2D eigenvalue weighted by molar-refractivity contribution is 0.0755. The van der Waals surface area contributed by atoms with Crippen LogP contribution in [-0.2, 0) is 0 Å². The number of rotatable bonds is 3. The molecule has 2 saturated carbocycles. The van der Waals surface area contributed by atoms with Crippen LogP contribution < -0.4 is 0 Å². The second-order valence-electron chi connectivity index (χ2n) is 7.61. The van der Waals surface area contributed by atoms with Gasteiger partial charge in [-0.25, -0.2) is 0 Å². The number of fused-ring (bicyclic) bond motifs is 3. The van der Waals surface area contributed by atoms with Crippen molar-refractivity contribution < 1.29 is 10.2 Å². The molecule has 0 radical (unpaired) electrons. The Morgan fingerprint density at radius 3 is 2.86 bits per heavy atom. The number of aliphatic hydroxyl groups excluding tert-OH is 2. The summed E-state index contributed by atoms with van der Waals surface area (Å²) in [6, 6.07) is 0. The molecule has 118 valence electrons. The Morgan fingerprint density at radius 1 is 1.29 bits per heavy atom. The predicted octanol–water partition coefficient (Wildman–Crippen LogP) is 3.84. The highest BCUT2D eigenvalue weighted by Crippen LogP contribution is 2.52. The Kier molecular flexibility index (Phi) is 4.56. The van der Waals surface area contributed by atoms with Crippen LogP contribution in [0.25, 0.3) is 0 Å². The summed E-state index contributed by atoms with van der Waals surface area (Å²) < 4.78 is 0. The largest absolute Gasteiger partial charge is 0.393 e. The van der Waals surface area contributed by atoms with E-state index >= 15 is 0 Å². The molecule has 0 bridgehead atoms. The highest BCUT2D eigenvalue weighted by molar-refractivity contribution is 5.40. The van der Waals surface area contributed by atoms with E-state index in [-0.39, 0.29) is 12.2 Å². The van der Waals surface area contributed by atoms with E-state index in [1.165, 1.54) is 31.3 Å². The first-order chi connectivity index (χ1) is 10.1. The maximum Gasteiger partial charge on any atom is 0.0761 e. The zero-order chi connectivity index (χ0) is 15.0. The number of hydrogen-bond donors (Lipinski definition) is 2. The minimum Gasteiger partial charge on any atom is -0.393 e. The van der Waals surface area contributed by atoms with Crippen molar-refractivity contribution in [3.63, 3.8) is 0 Å². The molecule has 2 nitrogen and oxygen atoms in total. The van der Waals surface area contributed by atoms with Gasteiger partial charge in [0, 0.05) is 0 Å². The summed E-state index contributed by atoms with van der Waals surface area (Å²) in [5, 5.41) is 19.5. The van der Waals surface area contributed by atoms with Crippen LogP contribution in [0.3, 0.4) is 0 Å². The van der Waals surface area contributed by atoms with Gasteiger partial charge in [-0.15, -0.1) is 0 Å². The molecule has 1 unspecified atom stereocenters. The van der Waals surface area contributed by atoms with Gasteiger partial charge in [0.25, 0.3) is 0 Å². The topological polar surface area (TPSA) is 40.5 Å². The maximum atomic E-state index is 9.83. The zero-order valence-corrected chi connectivity index (χ0v) is 13.5. The molecule has 2 heteroatoms. The van der Waals surface area contributed by atoms with Crippen molar-refractivity contribution in [2.45, 2.75) is 71.0 Å². The molecular formula is C19H30O2. The molecule has 3 aliphatic rings. The Labute approximate surface area is 128 Å². The summed E-state index contributed by atoms with van der Waals surface area (Å²) in [6.45, 7) is 4.32. The van der Waals surface area contributed by atoms with Gasteiger partial charge in [0.05, 0.1) is 12.2 Å². The molecule has 0 saturated heterocycles. The van der Waals surface area contributed by atoms with Gasteiger partial charge in [-0.3, -0.25) is 0 Å². The molecule has 3 rings (SSSR count). The SMILES string of the molecule is C[C@H](O)CC[C@H]1[C@@H]2CCC3=CC(O)CC=C3[C@H]2CC[C@H]1C. The third kappa shape index (κ3) is 3.12. The van der Waals surface area contributed by atoms with Gasteiger partial charge in [0.2, 0.25) is 0 Å².